The molecule has 0 heterocycles. The maximum absolute atomic E-state index is 11.9. The summed E-state index contributed by atoms with van der Waals surface area (Å²) < 4.78 is 19.9. The normalized spacial score (nSPS) is 11.4. The van der Waals surface area contributed by atoms with Crippen LogP contribution in [0.25, 0.3) is 0 Å². The van der Waals surface area contributed by atoms with Gasteiger partial charge in [0.15, 0.2) is 0 Å². The van der Waals surface area contributed by atoms with Crippen molar-refractivity contribution >= 4 is 52.2 Å². The van der Waals surface area contributed by atoms with Crippen LogP contribution in [-0.2, 0) is 23.8 Å². The summed E-state index contributed by atoms with van der Waals surface area (Å²) in [6, 6.07) is 4.79. The van der Waals surface area contributed by atoms with Crippen LogP contribution in [0.15, 0.2) is 18.2 Å². The smallest absolute Gasteiger partial charge is 0.389 e. The molecule has 0 spiro atoms. The Morgan fingerprint density at radius 2 is 1.89 bits per heavy atom. The first-order valence-electron chi connectivity index (χ1n) is 8.14. The van der Waals surface area contributed by atoms with Crippen LogP contribution in [0.2, 0.25) is 10.0 Å². The molecule has 0 N–H and O–H groups in total. The van der Waals surface area contributed by atoms with E-state index in [-0.39, 0.29) is 19.6 Å². The summed E-state index contributed by atoms with van der Waals surface area (Å²) in [5.74, 6) is -0.787. The molecule has 0 aliphatic carbocycles. The highest BCUT2D eigenvalue weighted by Crippen LogP contribution is 2.27. The van der Waals surface area contributed by atoms with E-state index in [1.807, 2.05) is 0 Å². The van der Waals surface area contributed by atoms with Crippen molar-refractivity contribution in [3.8, 4) is 5.75 Å². The van der Waals surface area contributed by atoms with Crippen molar-refractivity contribution in [1.82, 2.24) is 0 Å². The summed E-state index contributed by atoms with van der Waals surface area (Å²) in [4.78, 5) is 35.2. The summed E-state index contributed by atoms with van der Waals surface area (Å²) in [6.45, 7) is 3.57. The molecule has 27 heavy (non-hydrogen) atoms. The number of rotatable bonds is 10. The minimum Gasteiger partial charge on any atom is -0.492 e. The zero-order valence-corrected chi connectivity index (χ0v) is 17.2. The molecule has 10 heteroatoms. The molecule has 0 bridgehead atoms. The highest BCUT2D eigenvalue weighted by Gasteiger charge is 2.28. The van der Waals surface area contributed by atoms with Gasteiger partial charge in [-0.1, -0.05) is 30.1 Å². The lowest BCUT2D eigenvalue weighted by Gasteiger charge is -2.16. The van der Waals surface area contributed by atoms with E-state index in [4.69, 9.17) is 42.1 Å². The number of hydrogen-bond acceptors (Lipinski definition) is 8. The van der Waals surface area contributed by atoms with Gasteiger partial charge < -0.3 is 18.9 Å². The summed E-state index contributed by atoms with van der Waals surface area (Å²) in [7, 11) is 0. The Hall–Kier alpha value is -1.64. The topological polar surface area (TPSA) is 88.1 Å². The van der Waals surface area contributed by atoms with E-state index >= 15 is 0 Å². The van der Waals surface area contributed by atoms with E-state index in [1.165, 1.54) is 0 Å². The van der Waals surface area contributed by atoms with E-state index in [0.717, 1.165) is 11.8 Å². The molecule has 7 nitrogen and oxygen atoms in total. The molecule has 1 aromatic carbocycles. The highest BCUT2D eigenvalue weighted by molar-refractivity contribution is 8.13. The molecule has 0 aliphatic rings. The fraction of sp³-hybridized carbons (Fsp3) is 0.471. The van der Waals surface area contributed by atoms with Gasteiger partial charge in [0.05, 0.1) is 18.2 Å². The summed E-state index contributed by atoms with van der Waals surface area (Å²) in [5.41, 5.74) is 0. The molecule has 1 aromatic rings. The van der Waals surface area contributed by atoms with Gasteiger partial charge >= 0.3 is 23.5 Å². The molecule has 0 fully saturated rings. The minimum absolute atomic E-state index is 0.0560. The summed E-state index contributed by atoms with van der Waals surface area (Å²) in [6.07, 6.45) is -1.49. The van der Waals surface area contributed by atoms with E-state index in [0.29, 0.717) is 28.0 Å². The lowest BCUT2D eigenvalue weighted by atomic mass is 10.3. The number of carbonyl (C=O) groups is 3. The molecule has 0 saturated heterocycles. The van der Waals surface area contributed by atoms with E-state index in [2.05, 4.69) is 0 Å². The van der Waals surface area contributed by atoms with Gasteiger partial charge in [-0.3, -0.25) is 4.79 Å². The van der Waals surface area contributed by atoms with Crippen molar-refractivity contribution in [1.29, 1.82) is 0 Å². The summed E-state index contributed by atoms with van der Waals surface area (Å²) in [5, 5.41) is 0.105. The minimum atomic E-state index is -1.73. The van der Waals surface area contributed by atoms with Crippen LogP contribution in [0.4, 0.5) is 4.79 Å². The fourth-order valence-electron chi connectivity index (χ4n) is 1.74. The predicted molar refractivity (Wildman–Crippen MR) is 102 cm³/mol. The van der Waals surface area contributed by atoms with Crippen LogP contribution in [0.5, 0.6) is 5.75 Å². The number of thioether (sulfide) groups is 1. The van der Waals surface area contributed by atoms with Crippen molar-refractivity contribution in [2.75, 3.05) is 19.0 Å². The monoisotopic (exact) mass is 438 g/mol. The largest absolute Gasteiger partial charge is 0.492 e. The zero-order valence-electron chi connectivity index (χ0n) is 14.9. The number of halogens is 2. The second-order valence-electron chi connectivity index (χ2n) is 4.90. The number of esters is 2. The Kier molecular flexibility index (Phi) is 11.0. The van der Waals surface area contributed by atoms with Crippen molar-refractivity contribution in [2.24, 2.45) is 0 Å². The van der Waals surface area contributed by atoms with Crippen molar-refractivity contribution in [3.63, 3.8) is 0 Å². The lowest BCUT2D eigenvalue weighted by molar-refractivity contribution is -0.189. The molecule has 0 saturated carbocycles. The molecular formula is C17H20Cl2O7S. The molecular weight excluding hydrogens is 419 g/mol. The molecule has 1 atom stereocenters. The van der Waals surface area contributed by atoms with Gasteiger partial charge in [-0.15, -0.1) is 0 Å². The van der Waals surface area contributed by atoms with Crippen molar-refractivity contribution in [3.05, 3.63) is 28.2 Å². The fourth-order valence-corrected chi connectivity index (χ4v) is 2.59. The Balaban J connectivity index is 2.45. The summed E-state index contributed by atoms with van der Waals surface area (Å²) >= 11 is 12.6. The Bertz CT molecular complexity index is 654. The van der Waals surface area contributed by atoms with Gasteiger partial charge in [0.25, 0.3) is 0 Å². The second-order valence-corrected chi connectivity index (χ2v) is 6.94. The first-order valence-corrected chi connectivity index (χ1v) is 9.88. The van der Waals surface area contributed by atoms with Gasteiger partial charge in [0.2, 0.25) is 0 Å². The zero-order chi connectivity index (χ0) is 20.2. The number of ether oxygens (including phenoxy) is 4. The van der Waals surface area contributed by atoms with Gasteiger partial charge in [-0.2, -0.15) is 0 Å². The van der Waals surface area contributed by atoms with Gasteiger partial charge in [0.1, 0.15) is 5.75 Å². The van der Waals surface area contributed by atoms with Gasteiger partial charge in [-0.25, -0.2) is 9.59 Å². The van der Waals surface area contributed by atoms with Crippen LogP contribution in [0.1, 0.15) is 26.7 Å². The van der Waals surface area contributed by atoms with Crippen molar-refractivity contribution < 1.29 is 33.3 Å². The standard InChI is InChI=1S/C17H20Cl2O7S/c1-3-23-15(21)16(26-17(22)27-4-2)25-14(20)6-5-9-24-13-8-7-11(18)10-12(13)19/h7-8,10,16H,3-6,9H2,1-2H3. The van der Waals surface area contributed by atoms with Gasteiger partial charge in [0, 0.05) is 17.2 Å². The van der Waals surface area contributed by atoms with Crippen molar-refractivity contribution in [2.45, 2.75) is 33.0 Å². The number of benzene rings is 1. The maximum Gasteiger partial charge on any atom is 0.389 e. The molecule has 0 aliphatic heterocycles. The number of hydrogen-bond donors (Lipinski definition) is 0. The number of carbonyl (C=O) groups excluding carboxylic acids is 3. The van der Waals surface area contributed by atoms with E-state index in [9.17, 15) is 14.4 Å². The Labute approximate surface area is 171 Å². The first kappa shape index (κ1) is 23.4. The third-order valence-electron chi connectivity index (χ3n) is 2.86. The van der Waals surface area contributed by atoms with Crippen LogP contribution >= 0.6 is 35.0 Å². The molecule has 1 rings (SSSR count). The molecule has 0 radical (unpaired) electrons. The third-order valence-corrected chi connectivity index (χ3v) is 4.01. The highest BCUT2D eigenvalue weighted by atomic mass is 35.5. The van der Waals surface area contributed by atoms with E-state index in [1.54, 1.807) is 32.0 Å². The Morgan fingerprint density at radius 3 is 2.52 bits per heavy atom. The molecule has 0 aromatic heterocycles. The average Bonchev–Trinajstić information content (AvgIpc) is 2.60. The predicted octanol–water partition coefficient (Wildman–Crippen LogP) is 4.47. The quantitative estimate of drug-likeness (QED) is 0.300. The van der Waals surface area contributed by atoms with Gasteiger partial charge in [-0.05, 0) is 43.3 Å². The van der Waals surface area contributed by atoms with Crippen LogP contribution in [-0.4, -0.2) is 42.5 Å². The third kappa shape index (κ3) is 9.21. The maximum atomic E-state index is 11.9. The molecule has 1 unspecified atom stereocenters. The van der Waals surface area contributed by atoms with Crippen LogP contribution in [0.3, 0.4) is 0 Å². The second kappa shape index (κ2) is 12.7. The average molecular weight is 439 g/mol. The van der Waals surface area contributed by atoms with Crippen LogP contribution in [0, 0.1) is 0 Å². The van der Waals surface area contributed by atoms with E-state index < -0.39 is 23.5 Å². The SMILES string of the molecule is CCOC(=O)C(OC(=O)CCCOc1ccc(Cl)cc1Cl)OC(=O)SCC. The molecule has 0 amide bonds. The molecule has 150 valence electrons. The lowest BCUT2D eigenvalue weighted by Crippen LogP contribution is -2.33. The van der Waals surface area contributed by atoms with Crippen LogP contribution < -0.4 is 4.74 Å². The first-order chi connectivity index (χ1) is 12.9. The Morgan fingerprint density at radius 1 is 1.15 bits per heavy atom.